The topological polar surface area (TPSA) is 97.0 Å². The van der Waals surface area contributed by atoms with E-state index < -0.39 is 0 Å². The SMILES string of the molecule is COCC1COc2c(NCCc3c[nH]c4ccccc34)nc(-c3cnc(C)s3)nc2N1. The van der Waals surface area contributed by atoms with Crippen LogP contribution in [0.4, 0.5) is 11.6 Å². The Bertz CT molecular complexity index is 1200. The fourth-order valence-electron chi connectivity index (χ4n) is 3.74. The Morgan fingerprint density at radius 3 is 3.03 bits per heavy atom. The summed E-state index contributed by atoms with van der Waals surface area (Å²) in [6.07, 6.45) is 4.74. The molecule has 0 bridgehead atoms. The number of anilines is 2. The van der Waals surface area contributed by atoms with Gasteiger partial charge in [0.2, 0.25) is 5.75 Å². The maximum atomic E-state index is 6.03. The highest BCUT2D eigenvalue weighted by Crippen LogP contribution is 2.37. The van der Waals surface area contributed by atoms with Crippen molar-refractivity contribution < 1.29 is 9.47 Å². The van der Waals surface area contributed by atoms with Gasteiger partial charge in [-0.05, 0) is 25.0 Å². The summed E-state index contributed by atoms with van der Waals surface area (Å²) in [4.78, 5) is 18.1. The average Bonchev–Trinajstić information content (AvgIpc) is 3.40. The van der Waals surface area contributed by atoms with E-state index in [9.17, 15) is 0 Å². The summed E-state index contributed by atoms with van der Waals surface area (Å²) in [5.74, 6) is 2.65. The van der Waals surface area contributed by atoms with E-state index in [4.69, 9.17) is 19.4 Å². The highest BCUT2D eigenvalue weighted by atomic mass is 32.1. The number of hydrogen-bond acceptors (Lipinski definition) is 8. The van der Waals surface area contributed by atoms with Crippen molar-refractivity contribution in [3.63, 3.8) is 0 Å². The largest absolute Gasteiger partial charge is 0.484 e. The minimum Gasteiger partial charge on any atom is -0.484 e. The van der Waals surface area contributed by atoms with Crippen molar-refractivity contribution in [3.05, 3.63) is 47.2 Å². The molecule has 1 atom stereocenters. The number of aryl methyl sites for hydroxylation is 1. The van der Waals surface area contributed by atoms with E-state index in [0.717, 1.165) is 28.4 Å². The smallest absolute Gasteiger partial charge is 0.204 e. The number of methoxy groups -OCH3 is 1. The summed E-state index contributed by atoms with van der Waals surface area (Å²) in [5.41, 5.74) is 2.42. The molecule has 1 aliphatic rings. The number of aromatic nitrogens is 4. The van der Waals surface area contributed by atoms with E-state index in [1.54, 1.807) is 18.4 Å². The number of H-pyrrole nitrogens is 1. The molecule has 1 unspecified atom stereocenters. The number of rotatable bonds is 7. The predicted molar refractivity (Wildman–Crippen MR) is 123 cm³/mol. The zero-order valence-corrected chi connectivity index (χ0v) is 18.3. The van der Waals surface area contributed by atoms with Gasteiger partial charge in [0.05, 0.1) is 22.5 Å². The van der Waals surface area contributed by atoms with Crippen LogP contribution in [0.5, 0.6) is 5.75 Å². The fourth-order valence-corrected chi connectivity index (χ4v) is 4.46. The first kappa shape index (κ1) is 19.8. The van der Waals surface area contributed by atoms with Crippen LogP contribution in [0.25, 0.3) is 21.6 Å². The van der Waals surface area contributed by atoms with Gasteiger partial charge in [0.15, 0.2) is 17.5 Å². The minimum atomic E-state index is 0.0440. The van der Waals surface area contributed by atoms with Crippen LogP contribution in [0, 0.1) is 6.92 Å². The molecular formula is C22H24N6O2S. The number of fused-ring (bicyclic) bond motifs is 2. The van der Waals surface area contributed by atoms with Gasteiger partial charge in [-0.15, -0.1) is 11.3 Å². The summed E-state index contributed by atoms with van der Waals surface area (Å²) >= 11 is 1.57. The van der Waals surface area contributed by atoms with Crippen molar-refractivity contribution in [3.8, 4) is 16.5 Å². The number of benzene rings is 1. The molecule has 31 heavy (non-hydrogen) atoms. The molecule has 1 aromatic carbocycles. The van der Waals surface area contributed by atoms with Gasteiger partial charge in [-0.2, -0.15) is 0 Å². The third-order valence-electron chi connectivity index (χ3n) is 5.21. The normalized spacial score (nSPS) is 15.4. The van der Waals surface area contributed by atoms with Crippen LogP contribution in [-0.2, 0) is 11.2 Å². The second kappa shape index (κ2) is 8.52. The molecule has 160 valence electrons. The molecule has 3 N–H and O–H groups in total. The Hall–Kier alpha value is -3.17. The zero-order chi connectivity index (χ0) is 21.2. The molecule has 3 aromatic heterocycles. The lowest BCUT2D eigenvalue weighted by Gasteiger charge is -2.27. The van der Waals surface area contributed by atoms with Crippen LogP contribution in [-0.4, -0.2) is 52.8 Å². The zero-order valence-electron chi connectivity index (χ0n) is 17.4. The lowest BCUT2D eigenvalue weighted by atomic mass is 10.1. The number of nitrogens with one attached hydrogen (secondary N) is 3. The van der Waals surface area contributed by atoms with Crippen LogP contribution in [0.15, 0.2) is 36.7 Å². The van der Waals surface area contributed by atoms with Gasteiger partial charge < -0.3 is 25.1 Å². The van der Waals surface area contributed by atoms with Gasteiger partial charge in [0, 0.05) is 37.0 Å². The molecule has 0 saturated carbocycles. The molecule has 9 heteroatoms. The average molecular weight is 437 g/mol. The molecule has 0 radical (unpaired) electrons. The first-order valence-corrected chi connectivity index (χ1v) is 11.0. The van der Waals surface area contributed by atoms with Gasteiger partial charge in [-0.3, -0.25) is 0 Å². The standard InChI is InChI=1S/C22H24N6O2S/c1-13-24-10-18(31-13)20-27-21(19-22(28-20)26-15(11-29-2)12-30-19)23-8-7-14-9-25-17-6-4-3-5-16(14)17/h3-6,9-10,15,25H,7-8,11-12H2,1-2H3,(H2,23,26,27,28). The van der Waals surface area contributed by atoms with E-state index in [2.05, 4.69) is 45.0 Å². The van der Waals surface area contributed by atoms with Gasteiger partial charge in [-0.1, -0.05) is 18.2 Å². The van der Waals surface area contributed by atoms with Crippen LogP contribution >= 0.6 is 11.3 Å². The van der Waals surface area contributed by atoms with Gasteiger partial charge in [0.25, 0.3) is 0 Å². The van der Waals surface area contributed by atoms with Crippen molar-refractivity contribution in [1.82, 2.24) is 19.9 Å². The Morgan fingerprint density at radius 2 is 2.19 bits per heavy atom. The highest BCUT2D eigenvalue weighted by molar-refractivity contribution is 7.14. The van der Waals surface area contributed by atoms with Crippen LogP contribution < -0.4 is 15.4 Å². The number of nitrogens with zero attached hydrogens (tertiary/aromatic N) is 3. The Labute approximate surface area is 184 Å². The van der Waals surface area contributed by atoms with Crippen molar-refractivity contribution >= 4 is 33.9 Å². The van der Waals surface area contributed by atoms with Gasteiger partial charge >= 0.3 is 0 Å². The number of thiazole rings is 1. The van der Waals surface area contributed by atoms with Crippen molar-refractivity contribution in [1.29, 1.82) is 0 Å². The van der Waals surface area contributed by atoms with Gasteiger partial charge in [-0.25, -0.2) is 15.0 Å². The lowest BCUT2D eigenvalue weighted by molar-refractivity contribution is 0.154. The number of para-hydroxylation sites is 1. The molecule has 4 aromatic rings. The molecule has 0 amide bonds. The first-order chi connectivity index (χ1) is 15.2. The van der Waals surface area contributed by atoms with Crippen LogP contribution in [0.1, 0.15) is 10.6 Å². The third kappa shape index (κ3) is 4.06. The molecule has 1 aliphatic heterocycles. The maximum Gasteiger partial charge on any atom is 0.204 e. The van der Waals surface area contributed by atoms with Gasteiger partial charge in [0.1, 0.15) is 6.61 Å². The molecular weight excluding hydrogens is 412 g/mol. The second-order valence-corrected chi connectivity index (χ2v) is 8.70. The van der Waals surface area contributed by atoms with E-state index in [0.29, 0.717) is 36.4 Å². The summed E-state index contributed by atoms with van der Waals surface area (Å²) < 4.78 is 11.3. The monoisotopic (exact) mass is 436 g/mol. The number of hydrogen-bond donors (Lipinski definition) is 3. The molecule has 5 rings (SSSR count). The molecule has 4 heterocycles. The summed E-state index contributed by atoms with van der Waals surface area (Å²) in [5, 5.41) is 9.11. The number of aromatic amines is 1. The van der Waals surface area contributed by atoms with Crippen molar-refractivity contribution in [2.24, 2.45) is 0 Å². The Balaban J connectivity index is 1.40. The first-order valence-electron chi connectivity index (χ1n) is 10.2. The van der Waals surface area contributed by atoms with E-state index in [-0.39, 0.29) is 6.04 Å². The molecule has 0 spiro atoms. The second-order valence-electron chi connectivity index (χ2n) is 7.46. The fraction of sp³-hybridized carbons (Fsp3) is 0.318. The highest BCUT2D eigenvalue weighted by Gasteiger charge is 2.25. The summed E-state index contributed by atoms with van der Waals surface area (Å²) in [7, 11) is 1.68. The maximum absolute atomic E-state index is 6.03. The van der Waals surface area contributed by atoms with Crippen LogP contribution in [0.3, 0.4) is 0 Å². The van der Waals surface area contributed by atoms with Crippen molar-refractivity contribution in [2.45, 2.75) is 19.4 Å². The molecule has 0 fully saturated rings. The minimum absolute atomic E-state index is 0.0440. The molecule has 0 aliphatic carbocycles. The summed E-state index contributed by atoms with van der Waals surface area (Å²) in [6, 6.07) is 8.38. The Morgan fingerprint density at radius 1 is 1.29 bits per heavy atom. The molecule has 0 saturated heterocycles. The van der Waals surface area contributed by atoms with E-state index in [1.165, 1.54) is 10.9 Å². The van der Waals surface area contributed by atoms with Crippen LogP contribution in [0.2, 0.25) is 0 Å². The quantitative estimate of drug-likeness (QED) is 0.405. The number of ether oxygens (including phenoxy) is 2. The van der Waals surface area contributed by atoms with E-state index in [1.807, 2.05) is 19.2 Å². The molecule has 8 nitrogen and oxygen atoms in total. The van der Waals surface area contributed by atoms with Crippen molar-refractivity contribution in [2.75, 3.05) is 37.5 Å². The lowest BCUT2D eigenvalue weighted by Crippen LogP contribution is -2.36. The third-order valence-corrected chi connectivity index (χ3v) is 6.12. The summed E-state index contributed by atoms with van der Waals surface area (Å²) in [6.45, 7) is 3.74. The Kier molecular flexibility index (Phi) is 5.44. The predicted octanol–water partition coefficient (Wildman–Crippen LogP) is 3.86. The van der Waals surface area contributed by atoms with E-state index >= 15 is 0 Å².